The number of aliphatic hydroxyl groups is 2. The molecular weight excluding hydrogens is 1110 g/mol. The van der Waals surface area contributed by atoms with E-state index in [2.05, 4.69) is 26.6 Å². The molecule has 2 aromatic carbocycles. The van der Waals surface area contributed by atoms with Crippen molar-refractivity contribution in [3.8, 4) is 34.3 Å². The van der Waals surface area contributed by atoms with Crippen molar-refractivity contribution in [3.63, 3.8) is 0 Å². The molecule has 4 aromatic heterocycles. The maximum atomic E-state index is 13.8. The summed E-state index contributed by atoms with van der Waals surface area (Å²) in [7, 11) is -7.90. The lowest BCUT2D eigenvalue weighted by Crippen LogP contribution is -2.43. The van der Waals surface area contributed by atoms with Gasteiger partial charge >= 0.3 is 0 Å². The third-order valence-electron chi connectivity index (χ3n) is 14.7. The predicted molar refractivity (Wildman–Crippen MR) is 303 cm³/mol. The molecule has 2 fully saturated rings. The van der Waals surface area contributed by atoms with Gasteiger partial charge in [0.25, 0.3) is 21.3 Å². The third kappa shape index (κ3) is 14.1. The second-order valence-corrected chi connectivity index (χ2v) is 24.1. The first-order valence-electron chi connectivity index (χ1n) is 27.9. The van der Waals surface area contributed by atoms with Crippen molar-refractivity contribution >= 4 is 42.1 Å². The number of piperidine rings is 2. The molecule has 448 valence electrons. The normalized spacial score (nSPS) is 15.7. The van der Waals surface area contributed by atoms with Crippen LogP contribution in [-0.4, -0.2) is 140 Å². The molecule has 6 heterocycles. The van der Waals surface area contributed by atoms with Gasteiger partial charge in [0.05, 0.1) is 57.9 Å². The van der Waals surface area contributed by atoms with Gasteiger partial charge in [-0.2, -0.15) is 8.61 Å². The number of hydrogen-bond donors (Lipinski definition) is 4. The Morgan fingerprint density at radius 3 is 1.45 bits per heavy atom. The average molecular weight is 1180 g/mol. The Bertz CT molecular complexity index is 3550. The molecule has 0 bridgehead atoms. The van der Waals surface area contributed by atoms with Gasteiger partial charge in [0.2, 0.25) is 20.0 Å². The van der Waals surface area contributed by atoms with Crippen molar-refractivity contribution in [3.05, 3.63) is 101 Å². The molecule has 82 heavy (non-hydrogen) atoms. The lowest BCUT2D eigenvalue weighted by atomic mass is 9.92. The molecule has 8 rings (SSSR count). The highest BCUT2D eigenvalue weighted by Gasteiger charge is 2.36. The Morgan fingerprint density at radius 1 is 0.659 bits per heavy atom. The van der Waals surface area contributed by atoms with Crippen LogP contribution in [0.1, 0.15) is 104 Å². The van der Waals surface area contributed by atoms with Gasteiger partial charge in [0, 0.05) is 51.7 Å². The number of aliphatic hydroxyl groups excluding tert-OH is 2. The number of aromatic amines is 2. The van der Waals surface area contributed by atoms with E-state index >= 15 is 0 Å². The van der Waals surface area contributed by atoms with Gasteiger partial charge in [-0.15, -0.1) is 20.2 Å². The van der Waals surface area contributed by atoms with Crippen LogP contribution in [0.5, 0.6) is 11.5 Å². The second-order valence-electron chi connectivity index (χ2n) is 20.2. The fourth-order valence-corrected chi connectivity index (χ4v) is 13.5. The Kier molecular flexibility index (Phi) is 21.3. The van der Waals surface area contributed by atoms with Gasteiger partial charge in [0.15, 0.2) is 0 Å². The number of hydrogen-bond acceptors (Lipinski definition) is 18. The van der Waals surface area contributed by atoms with Gasteiger partial charge in [-0.25, -0.2) is 26.8 Å². The lowest BCUT2D eigenvalue weighted by Gasteiger charge is -2.34. The molecular formula is C54H74N10O16S2. The Balaban J connectivity index is 0.000000239. The first-order valence-corrected chi connectivity index (χ1v) is 30.8. The molecule has 0 amide bonds. The second kappa shape index (κ2) is 27.9. The van der Waals surface area contributed by atoms with Crippen LogP contribution in [0, 0.1) is 32.1 Å². The van der Waals surface area contributed by atoms with E-state index in [1.807, 2.05) is 56.1 Å². The van der Waals surface area contributed by atoms with Crippen molar-refractivity contribution in [2.75, 3.05) is 52.6 Å². The van der Waals surface area contributed by atoms with Crippen molar-refractivity contribution in [2.24, 2.45) is 11.8 Å². The number of aromatic nitrogens is 6. The number of rotatable bonds is 26. The number of aryl methyl sites for hydroxylation is 4. The molecule has 0 unspecified atom stereocenters. The molecule has 2 aliphatic heterocycles. The van der Waals surface area contributed by atoms with E-state index in [-0.39, 0.29) is 84.1 Å². The molecule has 2 aliphatic rings. The number of ether oxygens (including phenoxy) is 2. The van der Waals surface area contributed by atoms with Gasteiger partial charge in [-0.05, 0) is 125 Å². The Labute approximate surface area is 474 Å². The van der Waals surface area contributed by atoms with E-state index in [1.54, 1.807) is 6.07 Å². The van der Waals surface area contributed by atoms with E-state index in [9.17, 15) is 56.9 Å². The summed E-state index contributed by atoms with van der Waals surface area (Å²) in [5.41, 5.74) is 4.12. The maximum absolute atomic E-state index is 13.8. The van der Waals surface area contributed by atoms with E-state index in [0.717, 1.165) is 36.8 Å². The SMILES string of the molecule is CCCOc1ccc(S(=O)(=O)N2CCC([C@@H](O)CO)CC2)cc1-c1nc2c(CCC)cn(CC)c2c(=O)[nH]1.CCCOc1ccc(S(=O)(=O)N2CCC([C@H](CO[N+](=O)[O-])O[N+](=O)[O-])CC2)cc1-c1nc2c(CCC)cn(CC)c2c(=O)[nH]1. The number of nitrogens with one attached hydrogen (secondary N) is 2. The highest BCUT2D eigenvalue weighted by molar-refractivity contribution is 7.89. The van der Waals surface area contributed by atoms with Gasteiger partial charge < -0.3 is 48.5 Å². The highest BCUT2D eigenvalue weighted by atomic mass is 32.2. The summed E-state index contributed by atoms with van der Waals surface area (Å²) >= 11 is 0. The van der Waals surface area contributed by atoms with Crippen LogP contribution in [0.4, 0.5) is 0 Å². The Hall–Kier alpha value is -6.98. The quantitative estimate of drug-likeness (QED) is 0.0344. The minimum Gasteiger partial charge on any atom is -0.493 e. The molecule has 0 aliphatic carbocycles. The summed E-state index contributed by atoms with van der Waals surface area (Å²) in [6.45, 7) is 13.4. The van der Waals surface area contributed by atoms with Crippen molar-refractivity contribution in [2.45, 2.75) is 141 Å². The number of H-pyrrole nitrogens is 2. The molecule has 0 saturated carbocycles. The minimum absolute atomic E-state index is 0.00158. The van der Waals surface area contributed by atoms with Gasteiger partial charge in [0.1, 0.15) is 46.9 Å². The summed E-state index contributed by atoms with van der Waals surface area (Å²) in [6, 6.07) is 9.05. The largest absolute Gasteiger partial charge is 0.493 e. The van der Waals surface area contributed by atoms with Crippen LogP contribution < -0.4 is 20.6 Å². The summed E-state index contributed by atoms with van der Waals surface area (Å²) in [4.78, 5) is 72.2. The first-order chi connectivity index (χ1) is 39.2. The topological polar surface area (TPSA) is 340 Å². The fraction of sp³-hybridized carbons (Fsp3) is 0.556. The van der Waals surface area contributed by atoms with Gasteiger partial charge in [-0.3, -0.25) is 9.59 Å². The number of nitrogens with zero attached hydrogens (tertiary/aromatic N) is 8. The summed E-state index contributed by atoms with van der Waals surface area (Å²) in [6.07, 6.45) is 7.76. The average Bonchev–Trinajstić information content (AvgIpc) is 3.28. The van der Waals surface area contributed by atoms with Crippen molar-refractivity contribution in [1.29, 1.82) is 0 Å². The first kappa shape index (κ1) is 62.6. The number of sulfonamides is 2. The molecule has 2 saturated heterocycles. The van der Waals surface area contributed by atoms with E-state index < -0.39 is 55.0 Å². The fourth-order valence-electron chi connectivity index (χ4n) is 10.5. The van der Waals surface area contributed by atoms with Gasteiger partial charge in [-0.1, -0.05) is 40.5 Å². The monoisotopic (exact) mass is 1180 g/mol. The van der Waals surface area contributed by atoms with Crippen LogP contribution in [0.2, 0.25) is 0 Å². The summed E-state index contributed by atoms with van der Waals surface area (Å²) in [5.74, 6) is 0.582. The predicted octanol–water partition coefficient (Wildman–Crippen LogP) is 6.25. The van der Waals surface area contributed by atoms with Crippen molar-refractivity contribution in [1.82, 2.24) is 37.7 Å². The smallest absolute Gasteiger partial charge is 0.294 e. The zero-order valence-electron chi connectivity index (χ0n) is 47.1. The van der Waals surface area contributed by atoms with Crippen LogP contribution in [-0.2, 0) is 55.7 Å². The summed E-state index contributed by atoms with van der Waals surface area (Å²) < 4.78 is 72.9. The van der Waals surface area contributed by atoms with Crippen LogP contribution >= 0.6 is 0 Å². The van der Waals surface area contributed by atoms with Crippen molar-refractivity contribution < 1.29 is 56.4 Å². The minimum atomic E-state index is -4.06. The zero-order chi connectivity index (χ0) is 59.5. The standard InChI is InChI=1S/C27H36N6O10S.C27H38N4O6S/c1-4-7-19-16-30(6-3)25-24(19)28-26(29-27(25)34)21-15-20(8-9-22(21)41-14-5-2)44(39,40)31-12-10-18(11-13-31)23(43-33(37)38)17-42-32(35)36;1-4-7-19-16-30(6-3)25-24(19)28-26(29-27(25)34)21-15-20(8-9-23(21)37-14-5-2)38(35,36)31-12-10-18(11-13-31)22(33)17-32/h8-9,15-16,18,23H,4-7,10-14,17H2,1-3H3,(H,28,29,34);8-9,15-16,18,22,32-33H,4-7,10-14,17H2,1-3H3,(H,28,29,34)/t23-;22-/m00/s1. The third-order valence-corrected chi connectivity index (χ3v) is 18.5. The molecule has 0 radical (unpaired) electrons. The number of fused-ring (bicyclic) bond motifs is 2. The molecule has 6 aromatic rings. The van der Waals surface area contributed by atoms with Crippen LogP contribution in [0.25, 0.3) is 44.8 Å². The van der Waals surface area contributed by atoms with E-state index in [0.29, 0.717) is 96.7 Å². The highest BCUT2D eigenvalue weighted by Crippen LogP contribution is 2.36. The Morgan fingerprint density at radius 2 is 1.09 bits per heavy atom. The zero-order valence-corrected chi connectivity index (χ0v) is 48.7. The maximum Gasteiger partial charge on any atom is 0.294 e. The molecule has 4 N–H and O–H groups in total. The molecule has 2 atom stereocenters. The summed E-state index contributed by atoms with van der Waals surface area (Å²) in [5, 5.41) is 38.6. The lowest BCUT2D eigenvalue weighted by molar-refractivity contribution is -0.791. The molecule has 0 spiro atoms. The number of benzene rings is 2. The van der Waals surface area contributed by atoms with Crippen LogP contribution in [0.15, 0.2) is 68.2 Å². The molecule has 26 nitrogen and oxygen atoms in total. The van der Waals surface area contributed by atoms with Crippen LogP contribution in [0.3, 0.4) is 0 Å². The van der Waals surface area contributed by atoms with E-state index in [1.165, 1.54) is 38.9 Å². The molecule has 28 heteroatoms. The van der Waals surface area contributed by atoms with E-state index in [4.69, 9.17) is 19.4 Å².